The fourth-order valence-electron chi connectivity index (χ4n) is 2.49. The van der Waals surface area contributed by atoms with Crippen LogP contribution in [0.15, 0.2) is 66.9 Å². The largest absolute Gasteiger partial charge is 0.457 e. The zero-order valence-electron chi connectivity index (χ0n) is 14.5. The number of para-hydroxylation sites is 1. The Hall–Kier alpha value is -2.90. The molecule has 1 amide bonds. The van der Waals surface area contributed by atoms with Crippen molar-refractivity contribution in [3.8, 4) is 11.5 Å². The second-order valence-electron chi connectivity index (χ2n) is 6.09. The number of hydrazine groups is 1. The van der Waals surface area contributed by atoms with Gasteiger partial charge in [0.1, 0.15) is 17.0 Å². The zero-order chi connectivity index (χ0) is 18.6. The van der Waals surface area contributed by atoms with E-state index in [-0.39, 0.29) is 11.0 Å². The highest BCUT2D eigenvalue weighted by Crippen LogP contribution is 2.23. The van der Waals surface area contributed by atoms with E-state index in [4.69, 9.17) is 17.0 Å². The number of nitrogens with one attached hydrogen (secondary N) is 3. The number of benzene rings is 2. The predicted octanol–water partition coefficient (Wildman–Crippen LogP) is 3.01. The van der Waals surface area contributed by atoms with Crippen molar-refractivity contribution in [3.63, 3.8) is 0 Å². The number of carbonyl (C=O) groups is 1. The molecule has 26 heavy (non-hydrogen) atoms. The number of hydrogen-bond acceptors (Lipinski definition) is 5. The molecule has 1 aliphatic heterocycles. The van der Waals surface area contributed by atoms with Gasteiger partial charge in [0.05, 0.1) is 0 Å². The average molecular weight is 368 g/mol. The molecule has 1 heterocycles. The standard InChI is InChI=1S/C19H20N4O2S/c1-19(11-12-23(2)22-19)17(24)21-18(26)20-14-7-6-10-16(13-14)25-15-8-4-3-5-9-15/h3-13,22H,1-2H3,(H2,20,21,24,26). The van der Waals surface area contributed by atoms with Crippen molar-refractivity contribution in [2.24, 2.45) is 0 Å². The molecule has 0 saturated heterocycles. The van der Waals surface area contributed by atoms with Gasteiger partial charge in [-0.15, -0.1) is 0 Å². The molecule has 0 aromatic heterocycles. The highest BCUT2D eigenvalue weighted by atomic mass is 32.1. The summed E-state index contributed by atoms with van der Waals surface area (Å²) >= 11 is 5.25. The highest BCUT2D eigenvalue weighted by Gasteiger charge is 2.35. The molecule has 1 unspecified atom stereocenters. The molecule has 1 aliphatic rings. The van der Waals surface area contributed by atoms with Gasteiger partial charge in [-0.1, -0.05) is 24.3 Å². The Morgan fingerprint density at radius 1 is 1.15 bits per heavy atom. The molecule has 3 N–H and O–H groups in total. The zero-order valence-corrected chi connectivity index (χ0v) is 15.3. The van der Waals surface area contributed by atoms with E-state index in [2.05, 4.69) is 16.1 Å². The first kappa shape index (κ1) is 17.9. The highest BCUT2D eigenvalue weighted by molar-refractivity contribution is 7.80. The van der Waals surface area contributed by atoms with Gasteiger partial charge in [-0.25, -0.2) is 5.43 Å². The maximum Gasteiger partial charge on any atom is 0.251 e. The Morgan fingerprint density at radius 3 is 2.58 bits per heavy atom. The number of nitrogens with zero attached hydrogens (tertiary/aromatic N) is 1. The van der Waals surface area contributed by atoms with E-state index in [1.54, 1.807) is 24.2 Å². The van der Waals surface area contributed by atoms with Crippen molar-refractivity contribution in [2.75, 3.05) is 12.4 Å². The summed E-state index contributed by atoms with van der Waals surface area (Å²) in [7, 11) is 1.82. The first-order valence-corrected chi connectivity index (χ1v) is 8.51. The molecule has 0 fully saturated rings. The van der Waals surface area contributed by atoms with Crippen LogP contribution < -0.4 is 20.8 Å². The maximum absolute atomic E-state index is 12.4. The van der Waals surface area contributed by atoms with E-state index >= 15 is 0 Å². The fraction of sp³-hybridized carbons (Fsp3) is 0.158. The van der Waals surface area contributed by atoms with Crippen LogP contribution in [0.3, 0.4) is 0 Å². The van der Waals surface area contributed by atoms with E-state index < -0.39 is 5.54 Å². The Morgan fingerprint density at radius 2 is 1.88 bits per heavy atom. The van der Waals surface area contributed by atoms with E-state index in [0.717, 1.165) is 11.4 Å². The van der Waals surface area contributed by atoms with Gasteiger partial charge in [0.2, 0.25) is 0 Å². The van der Waals surface area contributed by atoms with Gasteiger partial charge in [-0.3, -0.25) is 4.79 Å². The number of rotatable bonds is 4. The lowest BCUT2D eigenvalue weighted by Gasteiger charge is -2.24. The third-order valence-electron chi connectivity index (χ3n) is 3.81. The van der Waals surface area contributed by atoms with Gasteiger partial charge < -0.3 is 20.4 Å². The van der Waals surface area contributed by atoms with Gasteiger partial charge >= 0.3 is 0 Å². The van der Waals surface area contributed by atoms with Crippen molar-refractivity contribution in [1.29, 1.82) is 0 Å². The molecule has 2 aromatic rings. The summed E-state index contributed by atoms with van der Waals surface area (Å²) in [6.45, 7) is 1.78. The van der Waals surface area contributed by atoms with Crippen LogP contribution in [0.2, 0.25) is 0 Å². The molecule has 0 aliphatic carbocycles. The van der Waals surface area contributed by atoms with Crippen LogP contribution in [-0.4, -0.2) is 28.6 Å². The first-order valence-electron chi connectivity index (χ1n) is 8.10. The normalized spacial score (nSPS) is 18.5. The average Bonchev–Trinajstić information content (AvgIpc) is 2.96. The monoisotopic (exact) mass is 368 g/mol. The summed E-state index contributed by atoms with van der Waals surface area (Å²) in [4.78, 5) is 12.4. The van der Waals surface area contributed by atoms with Crippen molar-refractivity contribution in [1.82, 2.24) is 15.8 Å². The third-order valence-corrected chi connectivity index (χ3v) is 4.01. The van der Waals surface area contributed by atoms with Crippen LogP contribution in [-0.2, 0) is 4.79 Å². The molecule has 0 saturated carbocycles. The van der Waals surface area contributed by atoms with E-state index in [1.807, 2.05) is 61.6 Å². The number of ether oxygens (including phenoxy) is 1. The molecule has 1 atom stereocenters. The molecule has 134 valence electrons. The van der Waals surface area contributed by atoms with E-state index in [9.17, 15) is 4.79 Å². The van der Waals surface area contributed by atoms with Crippen molar-refractivity contribution in [2.45, 2.75) is 12.5 Å². The maximum atomic E-state index is 12.4. The lowest BCUT2D eigenvalue weighted by atomic mass is 10.0. The van der Waals surface area contributed by atoms with Crippen LogP contribution in [0.1, 0.15) is 6.92 Å². The summed E-state index contributed by atoms with van der Waals surface area (Å²) < 4.78 is 5.80. The van der Waals surface area contributed by atoms with Crippen LogP contribution in [0.25, 0.3) is 0 Å². The summed E-state index contributed by atoms with van der Waals surface area (Å²) in [5.74, 6) is 1.17. The van der Waals surface area contributed by atoms with Crippen LogP contribution >= 0.6 is 12.2 Å². The Labute approximate surface area is 157 Å². The Balaban J connectivity index is 1.60. The van der Waals surface area contributed by atoms with E-state index in [0.29, 0.717) is 5.75 Å². The topological polar surface area (TPSA) is 65.6 Å². The van der Waals surface area contributed by atoms with Gasteiger partial charge in [0.15, 0.2) is 5.11 Å². The van der Waals surface area contributed by atoms with Gasteiger partial charge in [-0.05, 0) is 49.5 Å². The molecule has 0 bridgehead atoms. The minimum Gasteiger partial charge on any atom is -0.457 e. The molecule has 2 aromatic carbocycles. The summed E-state index contributed by atoms with van der Waals surface area (Å²) in [6, 6.07) is 16.9. The number of carbonyl (C=O) groups excluding carboxylic acids is 1. The van der Waals surface area contributed by atoms with E-state index in [1.165, 1.54) is 0 Å². The minimum absolute atomic E-state index is 0.220. The lowest BCUT2D eigenvalue weighted by Crippen LogP contribution is -2.55. The fourth-order valence-corrected chi connectivity index (χ4v) is 2.70. The number of amides is 1. The van der Waals surface area contributed by atoms with Crippen LogP contribution in [0, 0.1) is 0 Å². The predicted molar refractivity (Wildman–Crippen MR) is 106 cm³/mol. The molecular weight excluding hydrogens is 348 g/mol. The smallest absolute Gasteiger partial charge is 0.251 e. The molecule has 7 heteroatoms. The number of thiocarbonyl (C=S) groups is 1. The van der Waals surface area contributed by atoms with Crippen molar-refractivity contribution in [3.05, 3.63) is 66.9 Å². The van der Waals surface area contributed by atoms with Gasteiger partial charge in [0.25, 0.3) is 5.91 Å². The second-order valence-corrected chi connectivity index (χ2v) is 6.50. The quantitative estimate of drug-likeness (QED) is 0.721. The molecule has 6 nitrogen and oxygen atoms in total. The molecule has 0 spiro atoms. The summed E-state index contributed by atoms with van der Waals surface area (Å²) in [5.41, 5.74) is 2.93. The summed E-state index contributed by atoms with van der Waals surface area (Å²) in [6.07, 6.45) is 3.57. The number of hydrogen-bond donors (Lipinski definition) is 3. The lowest BCUT2D eigenvalue weighted by molar-refractivity contribution is -0.124. The van der Waals surface area contributed by atoms with Crippen molar-refractivity contribution >= 4 is 28.9 Å². The Kier molecular flexibility index (Phi) is 5.20. The SMILES string of the molecule is CN1C=CC(C)(C(=O)NC(=S)Nc2cccc(Oc3ccccc3)c2)N1. The van der Waals surface area contributed by atoms with Crippen LogP contribution in [0.5, 0.6) is 11.5 Å². The molecule has 0 radical (unpaired) electrons. The first-order chi connectivity index (χ1) is 12.4. The summed E-state index contributed by atoms with van der Waals surface area (Å²) in [5, 5.41) is 7.65. The Bertz CT molecular complexity index is 840. The second kappa shape index (κ2) is 7.55. The van der Waals surface area contributed by atoms with Crippen molar-refractivity contribution < 1.29 is 9.53 Å². The minimum atomic E-state index is -0.835. The number of anilines is 1. The third kappa shape index (κ3) is 4.38. The van der Waals surface area contributed by atoms with Crippen LogP contribution in [0.4, 0.5) is 5.69 Å². The molecule has 3 rings (SSSR count). The molecular formula is C19H20N4O2S. The van der Waals surface area contributed by atoms with Gasteiger partial charge in [-0.2, -0.15) is 0 Å². The van der Waals surface area contributed by atoms with Gasteiger partial charge in [0, 0.05) is 25.0 Å².